The van der Waals surface area contributed by atoms with Crippen molar-refractivity contribution in [3.8, 4) is 0 Å². The highest BCUT2D eigenvalue weighted by molar-refractivity contribution is 5.93. The molecule has 0 aromatic rings. The molecular formula is C38H64N2O6. The number of hydrogen-bond donors (Lipinski definition) is 2. The van der Waals surface area contributed by atoms with E-state index in [1.807, 2.05) is 13.8 Å². The number of likely N-dealkylation sites (N-methyl/N-ethyl adjacent to an activating group) is 1. The Bertz CT molecular complexity index is 1200. The van der Waals surface area contributed by atoms with Crippen molar-refractivity contribution in [2.45, 2.75) is 137 Å². The summed E-state index contributed by atoms with van der Waals surface area (Å²) < 4.78 is 12.9. The van der Waals surface area contributed by atoms with Crippen molar-refractivity contribution in [3.63, 3.8) is 0 Å². The Morgan fingerprint density at radius 2 is 1.76 bits per heavy atom. The number of hydrogen-bond acceptors (Lipinski definition) is 7. The predicted octanol–water partition coefficient (Wildman–Crippen LogP) is 5.28. The van der Waals surface area contributed by atoms with Gasteiger partial charge >= 0.3 is 0 Å². The molecule has 0 bridgehead atoms. The molecule has 1 amide bonds. The lowest BCUT2D eigenvalue weighted by Gasteiger charge is -2.62. The number of carbonyl (C=O) groups is 2. The van der Waals surface area contributed by atoms with Crippen LogP contribution in [0, 0.1) is 50.7 Å². The third-order valence-electron chi connectivity index (χ3n) is 15.3. The lowest BCUT2D eigenvalue weighted by atomic mass is 9.41. The monoisotopic (exact) mass is 644 g/mol. The maximum Gasteiger partial charge on any atom is 0.236 e. The van der Waals surface area contributed by atoms with Gasteiger partial charge in [-0.3, -0.25) is 14.5 Å². The molecule has 6 fully saturated rings. The molecule has 8 nitrogen and oxygen atoms in total. The standard InChI is InChI=1S/C38H64N2O6/c1-24(11-10-15-33(2,3)44)30-31(42)32(43)36(7)26-13-12-25-34(4,5)27(14-16-37(25)23-38(26,37)18-17-35(30,36)6)46-29-22-40(19-20-45-29)21-28(41)39(8)9/h24-27,29-31,42,44H,10-23H2,1-9H3/t24-,25+,26+,27+,29+,30?,31+,35-,36-,37-,38+/m1/s1. The molecule has 8 heteroatoms. The van der Waals surface area contributed by atoms with Gasteiger partial charge in [0, 0.05) is 32.0 Å². The Kier molecular flexibility index (Phi) is 8.70. The van der Waals surface area contributed by atoms with E-state index < -0.39 is 17.1 Å². The van der Waals surface area contributed by atoms with Gasteiger partial charge in [0.2, 0.25) is 5.91 Å². The molecule has 1 aliphatic heterocycles. The summed E-state index contributed by atoms with van der Waals surface area (Å²) in [7, 11) is 3.60. The summed E-state index contributed by atoms with van der Waals surface area (Å²) >= 11 is 0. The van der Waals surface area contributed by atoms with Crippen LogP contribution < -0.4 is 0 Å². The summed E-state index contributed by atoms with van der Waals surface area (Å²) in [6.45, 7) is 17.7. The highest BCUT2D eigenvalue weighted by atomic mass is 16.7. The van der Waals surface area contributed by atoms with E-state index in [4.69, 9.17) is 9.47 Å². The molecule has 5 saturated carbocycles. The maximum atomic E-state index is 14.4. The van der Waals surface area contributed by atoms with Crippen molar-refractivity contribution in [2.24, 2.45) is 50.7 Å². The Balaban J connectivity index is 1.17. The van der Waals surface area contributed by atoms with Crippen molar-refractivity contribution in [2.75, 3.05) is 40.3 Å². The first-order valence-electron chi connectivity index (χ1n) is 18.5. The Morgan fingerprint density at radius 1 is 1.09 bits per heavy atom. The normalized spacial score (nSPS) is 45.7. The number of morpholine rings is 1. The van der Waals surface area contributed by atoms with Crippen LogP contribution in [0.1, 0.15) is 113 Å². The maximum absolute atomic E-state index is 14.4. The van der Waals surface area contributed by atoms with Crippen LogP contribution in [-0.2, 0) is 19.1 Å². The van der Waals surface area contributed by atoms with E-state index in [0.717, 1.165) is 64.3 Å². The van der Waals surface area contributed by atoms with Gasteiger partial charge in [-0.05, 0) is 105 Å². The van der Waals surface area contributed by atoms with Gasteiger partial charge in [0.05, 0.1) is 31.4 Å². The highest BCUT2D eigenvalue weighted by Gasteiger charge is 2.84. The third kappa shape index (κ3) is 5.08. The van der Waals surface area contributed by atoms with Crippen molar-refractivity contribution >= 4 is 11.7 Å². The fourth-order valence-electron chi connectivity index (χ4n) is 12.8. The predicted molar refractivity (Wildman–Crippen MR) is 178 cm³/mol. The first-order chi connectivity index (χ1) is 21.3. The second kappa shape index (κ2) is 11.5. The van der Waals surface area contributed by atoms with E-state index in [9.17, 15) is 19.8 Å². The summed E-state index contributed by atoms with van der Waals surface area (Å²) in [6, 6.07) is 0. The summed E-state index contributed by atoms with van der Waals surface area (Å²) in [6.07, 6.45) is 9.14. The molecular weight excluding hydrogens is 580 g/mol. The lowest BCUT2D eigenvalue weighted by Crippen LogP contribution is -2.59. The molecule has 0 radical (unpaired) electrons. The Labute approximate surface area is 278 Å². The first-order valence-corrected chi connectivity index (χ1v) is 18.5. The zero-order chi connectivity index (χ0) is 33.7. The lowest BCUT2D eigenvalue weighted by molar-refractivity contribution is -0.246. The van der Waals surface area contributed by atoms with E-state index in [1.54, 1.807) is 19.0 Å². The molecule has 6 aliphatic rings. The molecule has 1 heterocycles. The largest absolute Gasteiger partial charge is 0.390 e. The van der Waals surface area contributed by atoms with Gasteiger partial charge in [0.25, 0.3) is 0 Å². The highest BCUT2D eigenvalue weighted by Crippen LogP contribution is 2.88. The molecule has 262 valence electrons. The number of amides is 1. The number of aliphatic hydroxyl groups excluding tert-OH is 1. The molecule has 5 aliphatic carbocycles. The fourth-order valence-corrected chi connectivity index (χ4v) is 12.8. The fraction of sp³-hybridized carbons (Fsp3) is 0.947. The second-order valence-electron chi connectivity index (χ2n) is 18.6. The molecule has 0 aromatic carbocycles. The van der Waals surface area contributed by atoms with E-state index in [-0.39, 0.29) is 57.6 Å². The Hall–Kier alpha value is -1.06. The van der Waals surface area contributed by atoms with Crippen LogP contribution in [0.15, 0.2) is 0 Å². The number of ether oxygens (including phenoxy) is 2. The van der Waals surface area contributed by atoms with Gasteiger partial charge in [0.15, 0.2) is 12.1 Å². The summed E-state index contributed by atoms with van der Waals surface area (Å²) in [5.41, 5.74) is -0.982. The minimum atomic E-state index is -0.890. The smallest absolute Gasteiger partial charge is 0.236 e. The van der Waals surface area contributed by atoms with E-state index >= 15 is 0 Å². The molecule has 46 heavy (non-hydrogen) atoms. The molecule has 2 spiro atoms. The van der Waals surface area contributed by atoms with Crippen LogP contribution >= 0.6 is 0 Å². The van der Waals surface area contributed by atoms with Crippen molar-refractivity contribution in [1.29, 1.82) is 0 Å². The van der Waals surface area contributed by atoms with Crippen LogP contribution in [0.4, 0.5) is 0 Å². The molecule has 0 aromatic heterocycles. The minimum Gasteiger partial charge on any atom is -0.390 e. The number of fused-ring (bicyclic) bond motifs is 2. The van der Waals surface area contributed by atoms with Gasteiger partial charge in [-0.2, -0.15) is 0 Å². The number of rotatable bonds is 9. The minimum absolute atomic E-state index is 0.0177. The quantitative estimate of drug-likeness (QED) is 0.352. The van der Waals surface area contributed by atoms with Crippen LogP contribution in [0.3, 0.4) is 0 Å². The molecule has 1 unspecified atom stereocenters. The SMILES string of the molecule is C[C@H](CCCC(C)(C)O)C1[C@H](O)C(=O)[C@@]2(C)[C@@H]3CC[C@H]4C(C)(C)[C@@H](O[C@H]5CN(CC(=O)N(C)C)CCO5)CC[C@@]45C[C@@]35CC[C@]12C. The van der Waals surface area contributed by atoms with Gasteiger partial charge in [-0.25, -0.2) is 0 Å². The summed E-state index contributed by atoms with van der Waals surface area (Å²) in [5, 5.41) is 22.0. The van der Waals surface area contributed by atoms with E-state index in [2.05, 4.69) is 39.5 Å². The topological polar surface area (TPSA) is 99.5 Å². The summed E-state index contributed by atoms with van der Waals surface area (Å²) in [5.74, 6) is 1.28. The summed E-state index contributed by atoms with van der Waals surface area (Å²) in [4.78, 5) is 30.5. The van der Waals surface area contributed by atoms with E-state index in [0.29, 0.717) is 31.5 Å². The van der Waals surface area contributed by atoms with Gasteiger partial charge in [0.1, 0.15) is 6.10 Å². The van der Waals surface area contributed by atoms with Crippen LogP contribution in [-0.4, -0.2) is 96.1 Å². The first kappa shape index (κ1) is 34.8. The van der Waals surface area contributed by atoms with Crippen LogP contribution in [0.2, 0.25) is 0 Å². The van der Waals surface area contributed by atoms with Gasteiger partial charge in [-0.15, -0.1) is 0 Å². The number of aliphatic hydroxyl groups is 2. The number of ketones is 1. The van der Waals surface area contributed by atoms with Gasteiger partial charge in [-0.1, -0.05) is 47.5 Å². The van der Waals surface area contributed by atoms with Gasteiger partial charge < -0.3 is 24.6 Å². The van der Waals surface area contributed by atoms with Crippen LogP contribution in [0.25, 0.3) is 0 Å². The second-order valence-corrected chi connectivity index (χ2v) is 18.6. The molecule has 1 saturated heterocycles. The Morgan fingerprint density at radius 3 is 2.43 bits per heavy atom. The molecule has 6 rings (SSSR count). The zero-order valence-electron chi connectivity index (χ0n) is 30.4. The zero-order valence-corrected chi connectivity index (χ0v) is 30.4. The molecule has 11 atom stereocenters. The number of nitrogens with zero attached hydrogens (tertiary/aromatic N) is 2. The molecule has 2 N–H and O–H groups in total. The average Bonchev–Trinajstić information content (AvgIpc) is 3.60. The van der Waals surface area contributed by atoms with Crippen molar-refractivity contribution in [1.82, 2.24) is 9.80 Å². The number of Topliss-reactive ketones (excluding diaryl/α,β-unsaturated/α-hetero) is 1. The van der Waals surface area contributed by atoms with E-state index in [1.165, 1.54) is 6.42 Å². The third-order valence-corrected chi connectivity index (χ3v) is 15.3. The number of carbonyl (C=O) groups excluding carboxylic acids is 2. The van der Waals surface area contributed by atoms with Crippen molar-refractivity contribution in [3.05, 3.63) is 0 Å². The van der Waals surface area contributed by atoms with Crippen molar-refractivity contribution < 1.29 is 29.3 Å². The van der Waals surface area contributed by atoms with Crippen LogP contribution in [0.5, 0.6) is 0 Å². The average molecular weight is 645 g/mol.